The van der Waals surface area contributed by atoms with Crippen LogP contribution in [0.4, 0.5) is 0 Å². The van der Waals surface area contributed by atoms with Crippen molar-refractivity contribution >= 4 is 16.7 Å². The number of hydrogen-bond acceptors (Lipinski definition) is 2. The highest BCUT2D eigenvalue weighted by Crippen LogP contribution is 2.41. The fraction of sp³-hybridized carbons (Fsp3) is 0.120. The Hall–Kier alpha value is -3.26. The number of pyridine rings is 1. The van der Waals surface area contributed by atoms with Crippen LogP contribution in [0.15, 0.2) is 60.7 Å². The largest absolute Gasteiger partial charge is 0.289 e. The van der Waals surface area contributed by atoms with Crippen molar-refractivity contribution < 1.29 is 4.79 Å². The summed E-state index contributed by atoms with van der Waals surface area (Å²) < 4.78 is 0. The molecule has 1 aromatic heterocycles. The second-order valence-corrected chi connectivity index (χ2v) is 7.46. The molecule has 1 aliphatic carbocycles. The lowest BCUT2D eigenvalue weighted by Gasteiger charge is -2.21. The fourth-order valence-electron chi connectivity index (χ4n) is 4.29. The van der Waals surface area contributed by atoms with Gasteiger partial charge < -0.3 is 0 Å². The average molecular weight is 349 g/mol. The van der Waals surface area contributed by atoms with Crippen LogP contribution in [-0.2, 0) is 0 Å². The van der Waals surface area contributed by atoms with Gasteiger partial charge in [-0.3, -0.25) is 4.79 Å². The lowest BCUT2D eigenvalue weighted by molar-refractivity contribution is 0.103. The van der Waals surface area contributed by atoms with Gasteiger partial charge in [0, 0.05) is 22.1 Å². The summed E-state index contributed by atoms with van der Waals surface area (Å²) in [5, 5.41) is 0.966. The monoisotopic (exact) mass is 349 g/mol. The molecule has 5 rings (SSSR count). The summed E-state index contributed by atoms with van der Waals surface area (Å²) in [6.45, 7) is 6.18. The first kappa shape index (κ1) is 16.0. The third-order valence-electron chi connectivity index (χ3n) is 5.39. The Labute approximate surface area is 158 Å². The number of carbonyl (C=O) groups is 1. The van der Waals surface area contributed by atoms with Crippen LogP contribution in [0.3, 0.4) is 0 Å². The lowest BCUT2D eigenvalue weighted by atomic mass is 9.81. The number of benzene rings is 3. The summed E-state index contributed by atoms with van der Waals surface area (Å²) >= 11 is 0. The van der Waals surface area contributed by atoms with Crippen molar-refractivity contribution in [3.05, 3.63) is 88.5 Å². The van der Waals surface area contributed by atoms with E-state index in [1.807, 2.05) is 43.3 Å². The van der Waals surface area contributed by atoms with Crippen molar-refractivity contribution in [3.8, 4) is 22.4 Å². The zero-order chi connectivity index (χ0) is 18.7. The van der Waals surface area contributed by atoms with E-state index in [1.54, 1.807) is 0 Å². The maximum atomic E-state index is 13.4. The van der Waals surface area contributed by atoms with Crippen molar-refractivity contribution in [2.24, 2.45) is 0 Å². The van der Waals surface area contributed by atoms with Crippen LogP contribution in [0.2, 0.25) is 0 Å². The van der Waals surface area contributed by atoms with Crippen molar-refractivity contribution in [1.29, 1.82) is 0 Å². The van der Waals surface area contributed by atoms with Crippen LogP contribution in [0.25, 0.3) is 33.3 Å². The van der Waals surface area contributed by atoms with Gasteiger partial charge in [-0.15, -0.1) is 0 Å². The van der Waals surface area contributed by atoms with Gasteiger partial charge in [0.15, 0.2) is 5.78 Å². The molecule has 0 radical (unpaired) electrons. The number of fused-ring (bicyclic) bond motifs is 2. The first-order valence-electron chi connectivity index (χ1n) is 9.20. The quantitative estimate of drug-likeness (QED) is 0.369. The van der Waals surface area contributed by atoms with Crippen LogP contribution < -0.4 is 0 Å². The van der Waals surface area contributed by atoms with E-state index < -0.39 is 0 Å². The molecule has 0 N–H and O–H groups in total. The third kappa shape index (κ3) is 2.33. The lowest BCUT2D eigenvalue weighted by Crippen LogP contribution is -2.12. The molecule has 2 nitrogen and oxygen atoms in total. The Kier molecular flexibility index (Phi) is 3.32. The van der Waals surface area contributed by atoms with Crippen molar-refractivity contribution in [2.75, 3.05) is 0 Å². The van der Waals surface area contributed by atoms with E-state index in [0.717, 1.165) is 50.0 Å². The Morgan fingerprint density at radius 3 is 2.22 bits per heavy atom. The van der Waals surface area contributed by atoms with Gasteiger partial charge in [0.1, 0.15) is 0 Å². The summed E-state index contributed by atoms with van der Waals surface area (Å²) in [5.41, 5.74) is 9.88. The number of aryl methyl sites for hydroxylation is 3. The van der Waals surface area contributed by atoms with Gasteiger partial charge in [0.25, 0.3) is 0 Å². The molecular weight excluding hydrogens is 330 g/mol. The average Bonchev–Trinajstić information content (AvgIpc) is 2.64. The molecule has 0 bridgehead atoms. The standard InChI is InChI=1S/C25H19NO/c1-14-10-15(2)12-17(11-14)22-13-20-24-19(8-5-9-21(24)26-22)18-7-4-6-16(3)23(18)25(20)27/h4-13H,1-3H3. The van der Waals surface area contributed by atoms with E-state index in [-0.39, 0.29) is 5.78 Å². The minimum Gasteiger partial charge on any atom is -0.289 e. The molecule has 0 saturated carbocycles. The van der Waals surface area contributed by atoms with Gasteiger partial charge in [-0.05, 0) is 61.7 Å². The Morgan fingerprint density at radius 1 is 0.741 bits per heavy atom. The Balaban J connectivity index is 1.87. The smallest absolute Gasteiger partial charge is 0.194 e. The molecule has 0 spiro atoms. The summed E-state index contributed by atoms with van der Waals surface area (Å²) in [4.78, 5) is 18.3. The highest BCUT2D eigenvalue weighted by atomic mass is 16.1. The molecule has 130 valence electrons. The summed E-state index contributed by atoms with van der Waals surface area (Å²) in [7, 11) is 0. The van der Waals surface area contributed by atoms with Crippen molar-refractivity contribution in [2.45, 2.75) is 20.8 Å². The highest BCUT2D eigenvalue weighted by Gasteiger charge is 2.27. The normalized spacial score (nSPS) is 12.3. The predicted molar refractivity (Wildman–Crippen MR) is 110 cm³/mol. The zero-order valence-corrected chi connectivity index (χ0v) is 15.6. The molecule has 1 heterocycles. The Morgan fingerprint density at radius 2 is 1.44 bits per heavy atom. The van der Waals surface area contributed by atoms with Crippen LogP contribution >= 0.6 is 0 Å². The van der Waals surface area contributed by atoms with Crippen LogP contribution in [-0.4, -0.2) is 10.8 Å². The molecule has 0 aliphatic heterocycles. The Bertz CT molecular complexity index is 1250. The summed E-state index contributed by atoms with van der Waals surface area (Å²) in [5.74, 6) is 0.0971. The minimum atomic E-state index is 0.0971. The van der Waals surface area contributed by atoms with Gasteiger partial charge in [-0.1, -0.05) is 47.5 Å². The maximum absolute atomic E-state index is 13.4. The zero-order valence-electron chi connectivity index (χ0n) is 15.6. The van der Waals surface area contributed by atoms with Gasteiger partial charge >= 0.3 is 0 Å². The molecule has 0 atom stereocenters. The van der Waals surface area contributed by atoms with Crippen LogP contribution in [0, 0.1) is 20.8 Å². The molecule has 4 aromatic rings. The number of nitrogens with zero attached hydrogens (tertiary/aromatic N) is 1. The minimum absolute atomic E-state index is 0.0971. The first-order valence-corrected chi connectivity index (χ1v) is 9.20. The topological polar surface area (TPSA) is 30.0 Å². The fourth-order valence-corrected chi connectivity index (χ4v) is 4.29. The number of aromatic nitrogens is 1. The number of ketones is 1. The first-order chi connectivity index (χ1) is 13.0. The molecule has 0 saturated heterocycles. The van der Waals surface area contributed by atoms with Crippen molar-refractivity contribution in [3.63, 3.8) is 0 Å². The van der Waals surface area contributed by atoms with Gasteiger partial charge in [-0.25, -0.2) is 4.98 Å². The molecule has 2 heteroatoms. The molecular formula is C25H19NO. The van der Waals surface area contributed by atoms with E-state index in [1.165, 1.54) is 11.1 Å². The van der Waals surface area contributed by atoms with Gasteiger partial charge in [-0.2, -0.15) is 0 Å². The van der Waals surface area contributed by atoms with Crippen LogP contribution in [0.5, 0.6) is 0 Å². The molecule has 0 amide bonds. The molecule has 27 heavy (non-hydrogen) atoms. The van der Waals surface area contributed by atoms with Crippen molar-refractivity contribution in [1.82, 2.24) is 4.98 Å². The van der Waals surface area contributed by atoms with E-state index in [9.17, 15) is 4.79 Å². The predicted octanol–water partition coefficient (Wildman–Crippen LogP) is 6.04. The van der Waals surface area contributed by atoms with E-state index in [4.69, 9.17) is 4.98 Å². The van der Waals surface area contributed by atoms with Crippen LogP contribution in [0.1, 0.15) is 32.6 Å². The molecule has 0 fully saturated rings. The van der Waals surface area contributed by atoms with E-state index in [0.29, 0.717) is 0 Å². The second kappa shape index (κ2) is 5.62. The van der Waals surface area contributed by atoms with Gasteiger partial charge in [0.05, 0.1) is 11.2 Å². The maximum Gasteiger partial charge on any atom is 0.194 e. The van der Waals surface area contributed by atoms with Gasteiger partial charge in [0.2, 0.25) is 0 Å². The molecule has 0 unspecified atom stereocenters. The van der Waals surface area contributed by atoms with E-state index >= 15 is 0 Å². The summed E-state index contributed by atoms with van der Waals surface area (Å²) in [6, 6.07) is 20.6. The third-order valence-corrected chi connectivity index (χ3v) is 5.39. The molecule has 3 aromatic carbocycles. The van der Waals surface area contributed by atoms with E-state index in [2.05, 4.69) is 38.1 Å². The second-order valence-electron chi connectivity index (χ2n) is 7.46. The number of rotatable bonds is 1. The summed E-state index contributed by atoms with van der Waals surface area (Å²) in [6.07, 6.45) is 0. The SMILES string of the molecule is Cc1cc(C)cc(-c2cc3c4c(cccc4n2)-c2cccc(C)c2C3=O)c1. The number of carbonyl (C=O) groups excluding carboxylic acids is 1. The highest BCUT2D eigenvalue weighted by molar-refractivity contribution is 6.26. The molecule has 1 aliphatic rings. The number of hydrogen-bond donors (Lipinski definition) is 0.